The van der Waals surface area contributed by atoms with Crippen molar-refractivity contribution in [2.24, 2.45) is 0 Å². The molecule has 2 rings (SSSR count). The third-order valence-corrected chi connectivity index (χ3v) is 6.45. The summed E-state index contributed by atoms with van der Waals surface area (Å²) >= 11 is 6.16. The van der Waals surface area contributed by atoms with Gasteiger partial charge in [-0.2, -0.15) is 0 Å². The lowest BCUT2D eigenvalue weighted by Gasteiger charge is -2.20. The molecule has 0 radical (unpaired) electrons. The third-order valence-electron chi connectivity index (χ3n) is 5.12. The zero-order valence-electron chi connectivity index (χ0n) is 18.7. The van der Waals surface area contributed by atoms with Gasteiger partial charge in [0.25, 0.3) is 5.91 Å². The number of rotatable bonds is 13. The molecule has 1 aromatic rings. The molecule has 1 heterocycles. The molecule has 7 nitrogen and oxygen atoms in total. The van der Waals surface area contributed by atoms with Gasteiger partial charge in [-0.05, 0) is 43.5 Å². The molecule has 2 N–H and O–H groups in total. The smallest absolute Gasteiger partial charge is 0.329 e. The highest BCUT2D eigenvalue weighted by atomic mass is 32.2. The number of nitrogens with zero attached hydrogens (tertiary/aromatic N) is 1. The van der Waals surface area contributed by atoms with Gasteiger partial charge in [-0.25, -0.2) is 4.79 Å². The summed E-state index contributed by atoms with van der Waals surface area (Å²) in [5.74, 6) is -0.680. The Bertz CT molecular complexity index is 857. The first-order valence-corrected chi connectivity index (χ1v) is 12.0. The first kappa shape index (κ1) is 26.2. The number of thiocarbonyl (C=S) groups is 1. The van der Waals surface area contributed by atoms with Crippen LogP contribution in [0.25, 0.3) is 6.08 Å². The Balaban J connectivity index is 2.09. The van der Waals surface area contributed by atoms with E-state index in [1.54, 1.807) is 31.4 Å². The molecule has 0 bridgehead atoms. The molecule has 0 spiro atoms. The summed E-state index contributed by atoms with van der Waals surface area (Å²) in [7, 11) is 1.56. The number of hydrogen-bond acceptors (Lipinski definition) is 7. The second kappa shape index (κ2) is 12.8. The predicted octanol–water partition coefficient (Wildman–Crippen LogP) is 4.47. The maximum Gasteiger partial charge on any atom is 0.329 e. The zero-order chi connectivity index (χ0) is 23.7. The van der Waals surface area contributed by atoms with E-state index in [4.69, 9.17) is 21.7 Å². The molecule has 2 atom stereocenters. The summed E-state index contributed by atoms with van der Waals surface area (Å²) in [6.07, 6.45) is 8.70. The minimum absolute atomic E-state index is 0.0547. The summed E-state index contributed by atoms with van der Waals surface area (Å²) < 4.78 is 11.6. The minimum Gasteiger partial charge on any atom is -0.493 e. The van der Waals surface area contributed by atoms with E-state index in [1.807, 2.05) is 6.92 Å². The molecule has 1 aliphatic rings. The van der Waals surface area contributed by atoms with Crippen molar-refractivity contribution < 1.29 is 29.3 Å². The molecule has 1 aliphatic heterocycles. The Morgan fingerprint density at radius 2 is 1.97 bits per heavy atom. The van der Waals surface area contributed by atoms with Gasteiger partial charge in [-0.3, -0.25) is 9.69 Å². The van der Waals surface area contributed by atoms with Crippen molar-refractivity contribution in [1.82, 2.24) is 4.90 Å². The fourth-order valence-electron chi connectivity index (χ4n) is 3.35. The number of aliphatic carboxylic acids is 1. The Labute approximate surface area is 198 Å². The highest BCUT2D eigenvalue weighted by Crippen LogP contribution is 2.36. The van der Waals surface area contributed by atoms with Crippen LogP contribution in [0.2, 0.25) is 0 Å². The number of benzene rings is 1. The number of ether oxygens (including phenoxy) is 2. The maximum absolute atomic E-state index is 12.7. The average molecular weight is 482 g/mol. The van der Waals surface area contributed by atoms with E-state index in [0.717, 1.165) is 29.5 Å². The molecule has 1 fully saturated rings. The summed E-state index contributed by atoms with van der Waals surface area (Å²) in [4.78, 5) is 25.2. The van der Waals surface area contributed by atoms with Gasteiger partial charge in [-0.15, -0.1) is 0 Å². The molecule has 0 saturated carbocycles. The van der Waals surface area contributed by atoms with E-state index in [1.165, 1.54) is 25.7 Å². The van der Waals surface area contributed by atoms with Crippen LogP contribution in [0.1, 0.15) is 57.9 Å². The van der Waals surface area contributed by atoms with Gasteiger partial charge in [0.15, 0.2) is 17.5 Å². The topological polar surface area (TPSA) is 96.3 Å². The molecule has 1 saturated heterocycles. The third kappa shape index (κ3) is 6.95. The molecule has 0 aliphatic carbocycles. The SMILES string of the molecule is CCCCCCCC(C)Oc1ccc(/C=C2/SC(=S)N(C(CO)C(=O)O)C2=O)cc1OC. The standard InChI is InChI=1S/C23H31NO6S2/c1-4-5-6-7-8-9-15(2)30-18-11-10-16(12-19(18)29-3)13-20-21(26)24(23(31)32-20)17(14-25)22(27)28/h10-13,15,17,25H,4-9,14H2,1-3H3,(H,27,28)/b20-13+. The fourth-order valence-corrected chi connectivity index (χ4v) is 4.71. The number of aliphatic hydroxyl groups excluding tert-OH is 1. The number of amides is 1. The van der Waals surface area contributed by atoms with Gasteiger partial charge in [-0.1, -0.05) is 62.7 Å². The van der Waals surface area contributed by atoms with Crippen molar-refractivity contribution >= 4 is 46.3 Å². The molecule has 1 amide bonds. The van der Waals surface area contributed by atoms with Gasteiger partial charge >= 0.3 is 5.97 Å². The number of carbonyl (C=O) groups excluding carboxylic acids is 1. The van der Waals surface area contributed by atoms with Crippen LogP contribution in [-0.4, -0.2) is 57.2 Å². The lowest BCUT2D eigenvalue weighted by molar-refractivity contribution is -0.146. The lowest BCUT2D eigenvalue weighted by Crippen LogP contribution is -2.46. The minimum atomic E-state index is -1.40. The van der Waals surface area contributed by atoms with Crippen LogP contribution in [0, 0.1) is 0 Å². The van der Waals surface area contributed by atoms with Crippen molar-refractivity contribution in [1.29, 1.82) is 0 Å². The van der Waals surface area contributed by atoms with E-state index < -0.39 is 24.5 Å². The average Bonchev–Trinajstić information content (AvgIpc) is 3.02. The van der Waals surface area contributed by atoms with Gasteiger partial charge in [0.2, 0.25) is 0 Å². The van der Waals surface area contributed by atoms with E-state index >= 15 is 0 Å². The Morgan fingerprint density at radius 3 is 2.59 bits per heavy atom. The van der Waals surface area contributed by atoms with Crippen molar-refractivity contribution in [3.05, 3.63) is 28.7 Å². The Morgan fingerprint density at radius 1 is 1.25 bits per heavy atom. The zero-order valence-corrected chi connectivity index (χ0v) is 20.3. The first-order chi connectivity index (χ1) is 15.3. The molecule has 9 heteroatoms. The van der Waals surface area contributed by atoms with Gasteiger partial charge < -0.3 is 19.7 Å². The van der Waals surface area contributed by atoms with Gasteiger partial charge in [0.1, 0.15) is 4.32 Å². The van der Waals surface area contributed by atoms with Gasteiger partial charge in [0, 0.05) is 0 Å². The highest BCUT2D eigenvalue weighted by molar-refractivity contribution is 8.26. The number of thioether (sulfide) groups is 1. The number of aliphatic hydroxyl groups is 1. The number of carbonyl (C=O) groups is 2. The van der Waals surface area contributed by atoms with Crippen LogP contribution in [0.15, 0.2) is 23.1 Å². The van der Waals surface area contributed by atoms with Crippen LogP contribution < -0.4 is 9.47 Å². The first-order valence-electron chi connectivity index (χ1n) is 10.8. The van der Waals surface area contributed by atoms with Crippen molar-refractivity contribution in [2.75, 3.05) is 13.7 Å². The van der Waals surface area contributed by atoms with Crippen LogP contribution in [0.5, 0.6) is 11.5 Å². The molecule has 32 heavy (non-hydrogen) atoms. The van der Waals surface area contributed by atoms with Crippen LogP contribution in [-0.2, 0) is 9.59 Å². The lowest BCUT2D eigenvalue weighted by atomic mass is 10.1. The highest BCUT2D eigenvalue weighted by Gasteiger charge is 2.40. The number of carboxylic acids is 1. The maximum atomic E-state index is 12.7. The summed E-state index contributed by atoms with van der Waals surface area (Å²) in [6.45, 7) is 3.52. The fraction of sp³-hybridized carbons (Fsp3) is 0.522. The van der Waals surface area contributed by atoms with Crippen molar-refractivity contribution in [3.8, 4) is 11.5 Å². The number of methoxy groups -OCH3 is 1. The second-order valence-corrected chi connectivity index (χ2v) is 9.31. The molecular weight excluding hydrogens is 450 g/mol. The van der Waals surface area contributed by atoms with Crippen molar-refractivity contribution in [2.45, 2.75) is 64.5 Å². The molecule has 176 valence electrons. The van der Waals surface area contributed by atoms with Crippen LogP contribution in [0.3, 0.4) is 0 Å². The van der Waals surface area contributed by atoms with Crippen molar-refractivity contribution in [3.63, 3.8) is 0 Å². The normalized spacial score (nSPS) is 17.0. The molecule has 2 unspecified atom stereocenters. The summed E-state index contributed by atoms with van der Waals surface area (Å²) in [6, 6.07) is 3.96. The summed E-state index contributed by atoms with van der Waals surface area (Å²) in [5.41, 5.74) is 0.692. The second-order valence-electron chi connectivity index (χ2n) is 7.63. The number of hydrogen-bond donors (Lipinski definition) is 2. The predicted molar refractivity (Wildman–Crippen MR) is 130 cm³/mol. The van der Waals surface area contributed by atoms with Crippen LogP contribution in [0.4, 0.5) is 0 Å². The van der Waals surface area contributed by atoms with Crippen LogP contribution >= 0.6 is 24.0 Å². The monoisotopic (exact) mass is 481 g/mol. The molecule has 0 aromatic heterocycles. The number of carboxylic acid groups (broad SMARTS) is 1. The largest absolute Gasteiger partial charge is 0.493 e. The Hall–Kier alpha value is -2.10. The summed E-state index contributed by atoms with van der Waals surface area (Å²) in [5, 5.41) is 18.6. The number of unbranched alkanes of at least 4 members (excludes halogenated alkanes) is 4. The van der Waals surface area contributed by atoms with E-state index in [0.29, 0.717) is 17.1 Å². The Kier molecular flexibility index (Phi) is 10.5. The quantitative estimate of drug-likeness (QED) is 0.242. The van der Waals surface area contributed by atoms with E-state index in [2.05, 4.69) is 6.92 Å². The van der Waals surface area contributed by atoms with E-state index in [9.17, 15) is 19.8 Å². The van der Waals surface area contributed by atoms with Gasteiger partial charge in [0.05, 0.1) is 24.7 Å². The molecule has 1 aromatic carbocycles. The van der Waals surface area contributed by atoms with E-state index in [-0.39, 0.29) is 15.3 Å². The molecular formula is C23H31NO6S2.